The average molecular weight is 404 g/mol. The summed E-state index contributed by atoms with van der Waals surface area (Å²) >= 11 is 0. The van der Waals surface area contributed by atoms with Crippen LogP contribution < -0.4 is 4.74 Å². The van der Waals surface area contributed by atoms with Crippen molar-refractivity contribution in [3.63, 3.8) is 0 Å². The molecule has 0 radical (unpaired) electrons. The summed E-state index contributed by atoms with van der Waals surface area (Å²) < 4.78 is 15.9. The SMILES string of the molecule is C=CCOC(=O)C(C)CC(C)CC.CCC(C)OCCOc1ccc(C#N)cc1. The molecular formula is C24H37NO4. The molecular weight excluding hydrogens is 366 g/mol. The van der Waals surface area contributed by atoms with Crippen LogP contribution in [-0.2, 0) is 14.3 Å². The van der Waals surface area contributed by atoms with Gasteiger partial charge in [-0.05, 0) is 49.9 Å². The Morgan fingerprint density at radius 2 is 1.79 bits per heavy atom. The predicted octanol–water partition coefficient (Wildman–Crippen LogP) is 5.54. The van der Waals surface area contributed by atoms with E-state index >= 15 is 0 Å². The predicted molar refractivity (Wildman–Crippen MR) is 117 cm³/mol. The quantitative estimate of drug-likeness (QED) is 0.260. The Morgan fingerprint density at radius 1 is 1.14 bits per heavy atom. The van der Waals surface area contributed by atoms with Crippen LogP contribution in [0.25, 0.3) is 0 Å². The smallest absolute Gasteiger partial charge is 0.308 e. The van der Waals surface area contributed by atoms with Gasteiger partial charge in [-0.25, -0.2) is 0 Å². The highest BCUT2D eigenvalue weighted by molar-refractivity contribution is 5.72. The molecule has 0 spiro atoms. The fraction of sp³-hybridized carbons (Fsp3) is 0.583. The van der Waals surface area contributed by atoms with Crippen LogP contribution in [0.4, 0.5) is 0 Å². The van der Waals surface area contributed by atoms with Crippen LogP contribution in [0.1, 0.15) is 59.4 Å². The highest BCUT2D eigenvalue weighted by atomic mass is 16.5. The van der Waals surface area contributed by atoms with Crippen molar-refractivity contribution in [2.75, 3.05) is 19.8 Å². The Hall–Kier alpha value is -2.32. The maximum Gasteiger partial charge on any atom is 0.308 e. The summed E-state index contributed by atoms with van der Waals surface area (Å²) in [4.78, 5) is 11.3. The van der Waals surface area contributed by atoms with Crippen LogP contribution in [0.5, 0.6) is 5.75 Å². The first-order chi connectivity index (χ1) is 13.9. The highest BCUT2D eigenvalue weighted by Crippen LogP contribution is 2.15. The summed E-state index contributed by atoms with van der Waals surface area (Å²) in [7, 11) is 0. The van der Waals surface area contributed by atoms with E-state index in [4.69, 9.17) is 19.5 Å². The van der Waals surface area contributed by atoms with Crippen LogP contribution in [0.15, 0.2) is 36.9 Å². The van der Waals surface area contributed by atoms with Gasteiger partial charge in [0.05, 0.1) is 30.3 Å². The minimum atomic E-state index is -0.111. The molecule has 5 heteroatoms. The monoisotopic (exact) mass is 403 g/mol. The molecule has 0 aliphatic heterocycles. The Kier molecular flexibility index (Phi) is 15.3. The average Bonchev–Trinajstić information content (AvgIpc) is 2.75. The maximum atomic E-state index is 11.3. The van der Waals surface area contributed by atoms with Crippen LogP contribution >= 0.6 is 0 Å². The van der Waals surface area contributed by atoms with Gasteiger partial charge >= 0.3 is 5.97 Å². The van der Waals surface area contributed by atoms with Gasteiger partial charge < -0.3 is 14.2 Å². The number of carbonyl (C=O) groups excluding carboxylic acids is 1. The summed E-state index contributed by atoms with van der Waals surface area (Å²) in [6.45, 7) is 15.3. The number of benzene rings is 1. The number of carbonyl (C=O) groups is 1. The van der Waals surface area contributed by atoms with Crippen LogP contribution in [0.2, 0.25) is 0 Å². The van der Waals surface area contributed by atoms with Crippen molar-refractivity contribution in [2.24, 2.45) is 11.8 Å². The zero-order chi connectivity index (χ0) is 22.1. The Bertz CT molecular complexity index is 606. The van der Waals surface area contributed by atoms with Crippen molar-refractivity contribution >= 4 is 5.97 Å². The van der Waals surface area contributed by atoms with Gasteiger partial charge in [-0.3, -0.25) is 4.79 Å². The van der Waals surface area contributed by atoms with Crippen LogP contribution in [0.3, 0.4) is 0 Å². The molecule has 0 amide bonds. The second-order valence-electron chi connectivity index (χ2n) is 7.14. The number of ether oxygens (including phenoxy) is 3. The zero-order valence-electron chi connectivity index (χ0n) is 18.6. The molecule has 0 fully saturated rings. The number of nitrogens with zero attached hydrogens (tertiary/aromatic N) is 1. The number of hydrogen-bond donors (Lipinski definition) is 0. The van der Waals surface area contributed by atoms with Crippen LogP contribution in [-0.4, -0.2) is 31.9 Å². The molecule has 1 aromatic rings. The molecule has 5 nitrogen and oxygen atoms in total. The number of rotatable bonds is 12. The molecule has 1 rings (SSSR count). The molecule has 0 saturated heterocycles. The molecule has 29 heavy (non-hydrogen) atoms. The lowest BCUT2D eigenvalue weighted by molar-refractivity contribution is -0.147. The third kappa shape index (κ3) is 13.5. The van der Waals surface area contributed by atoms with Gasteiger partial charge in [0.1, 0.15) is 19.0 Å². The third-order valence-electron chi connectivity index (χ3n) is 4.51. The van der Waals surface area contributed by atoms with E-state index in [1.165, 1.54) is 0 Å². The standard InChI is InChI=1S/C13H17NO2.C11H20O2/c1-3-11(2)15-8-9-16-13-6-4-12(10-14)5-7-13;1-5-7-13-11(12)10(4)8-9(3)6-2/h4-7,11H,3,8-9H2,1-2H3;5,9-10H,1,6-8H2,2-4H3. The summed E-state index contributed by atoms with van der Waals surface area (Å²) in [6, 6.07) is 9.13. The van der Waals surface area contributed by atoms with Crippen molar-refractivity contribution in [3.05, 3.63) is 42.5 Å². The van der Waals surface area contributed by atoms with E-state index in [0.717, 1.165) is 25.0 Å². The summed E-state index contributed by atoms with van der Waals surface area (Å²) in [5.41, 5.74) is 0.642. The minimum absolute atomic E-state index is 0.00917. The first-order valence-corrected chi connectivity index (χ1v) is 10.4. The lowest BCUT2D eigenvalue weighted by Crippen LogP contribution is -2.17. The Balaban J connectivity index is 0.000000555. The van der Waals surface area contributed by atoms with Crippen LogP contribution in [0, 0.1) is 23.2 Å². The van der Waals surface area contributed by atoms with Crippen molar-refractivity contribution in [3.8, 4) is 11.8 Å². The topological polar surface area (TPSA) is 68.6 Å². The molecule has 1 aromatic carbocycles. The van der Waals surface area contributed by atoms with E-state index in [1.54, 1.807) is 30.3 Å². The normalized spacial score (nSPS) is 13.1. The second-order valence-corrected chi connectivity index (χ2v) is 7.14. The molecule has 0 saturated carbocycles. The van der Waals surface area contributed by atoms with Gasteiger partial charge in [-0.2, -0.15) is 5.26 Å². The molecule has 0 N–H and O–H groups in total. The van der Waals surface area contributed by atoms with Gasteiger partial charge in [-0.1, -0.05) is 46.8 Å². The first kappa shape index (κ1) is 26.7. The van der Waals surface area contributed by atoms with Gasteiger partial charge in [0.25, 0.3) is 0 Å². The van der Waals surface area contributed by atoms with Crippen molar-refractivity contribution in [1.29, 1.82) is 5.26 Å². The molecule has 0 aliphatic rings. The fourth-order valence-corrected chi connectivity index (χ4v) is 2.30. The van der Waals surface area contributed by atoms with Crippen molar-refractivity contribution < 1.29 is 19.0 Å². The largest absolute Gasteiger partial charge is 0.491 e. The molecule has 0 aromatic heterocycles. The zero-order valence-corrected chi connectivity index (χ0v) is 18.6. The first-order valence-electron chi connectivity index (χ1n) is 10.4. The summed E-state index contributed by atoms with van der Waals surface area (Å²) in [5.74, 6) is 1.26. The Morgan fingerprint density at radius 3 is 2.31 bits per heavy atom. The lowest BCUT2D eigenvalue weighted by Gasteiger charge is -2.14. The summed E-state index contributed by atoms with van der Waals surface area (Å²) in [6.07, 6.45) is 4.90. The lowest BCUT2D eigenvalue weighted by atomic mass is 9.95. The molecule has 0 bridgehead atoms. The fourth-order valence-electron chi connectivity index (χ4n) is 2.30. The number of hydrogen-bond acceptors (Lipinski definition) is 5. The Labute approximate surface area is 176 Å². The molecule has 162 valence electrons. The number of esters is 1. The van der Waals surface area contributed by atoms with E-state index < -0.39 is 0 Å². The molecule has 3 atom stereocenters. The molecule has 0 heterocycles. The van der Waals surface area contributed by atoms with E-state index in [0.29, 0.717) is 31.3 Å². The molecule has 3 unspecified atom stereocenters. The van der Waals surface area contributed by atoms with Crippen molar-refractivity contribution in [1.82, 2.24) is 0 Å². The van der Waals surface area contributed by atoms with E-state index in [1.807, 2.05) is 13.8 Å². The maximum absolute atomic E-state index is 11.3. The van der Waals surface area contributed by atoms with Gasteiger partial charge in [0, 0.05) is 0 Å². The highest BCUT2D eigenvalue weighted by Gasteiger charge is 2.16. The number of nitriles is 1. The van der Waals surface area contributed by atoms with Gasteiger partial charge in [-0.15, -0.1) is 0 Å². The molecule has 0 aliphatic carbocycles. The second kappa shape index (κ2) is 16.6. The van der Waals surface area contributed by atoms with Crippen molar-refractivity contribution in [2.45, 2.75) is 60.0 Å². The third-order valence-corrected chi connectivity index (χ3v) is 4.51. The van der Waals surface area contributed by atoms with Gasteiger partial charge in [0.15, 0.2) is 0 Å². The summed E-state index contributed by atoms with van der Waals surface area (Å²) in [5, 5.41) is 8.62. The van der Waals surface area contributed by atoms with E-state index in [9.17, 15) is 4.79 Å². The minimum Gasteiger partial charge on any atom is -0.491 e. The van der Waals surface area contributed by atoms with Gasteiger partial charge in [0.2, 0.25) is 0 Å². The van der Waals surface area contributed by atoms with E-state index in [-0.39, 0.29) is 18.0 Å². The van der Waals surface area contributed by atoms with E-state index in [2.05, 4.69) is 33.4 Å².